The van der Waals surface area contributed by atoms with E-state index in [1.54, 1.807) is 7.11 Å². The lowest BCUT2D eigenvalue weighted by molar-refractivity contribution is -0.0340. The van der Waals surface area contributed by atoms with Crippen LogP contribution in [0.1, 0.15) is 42.9 Å². The molecule has 4 aliphatic rings. The van der Waals surface area contributed by atoms with Crippen LogP contribution in [0.25, 0.3) is 11.1 Å². The number of hydrogen-bond acceptors (Lipinski definition) is 4. The quantitative estimate of drug-likeness (QED) is 0.809. The number of carbonyl (C=O) groups excluding carboxylic acids is 1. The van der Waals surface area contributed by atoms with Crippen molar-refractivity contribution >= 4 is 6.09 Å². The summed E-state index contributed by atoms with van der Waals surface area (Å²) in [5.41, 5.74) is 4.77. The summed E-state index contributed by atoms with van der Waals surface area (Å²) in [6.45, 7) is 3.19. The molecular weight excluding hydrogens is 376 g/mol. The second-order valence-electron chi connectivity index (χ2n) is 8.78. The van der Waals surface area contributed by atoms with Gasteiger partial charge in [0.25, 0.3) is 0 Å². The molecule has 0 radical (unpaired) electrons. The van der Waals surface area contributed by atoms with E-state index in [0.717, 1.165) is 68.6 Å². The van der Waals surface area contributed by atoms with Gasteiger partial charge in [-0.15, -0.1) is 0 Å². The first-order chi connectivity index (χ1) is 14.7. The predicted octanol–water partition coefficient (Wildman–Crippen LogP) is 4.56. The van der Waals surface area contributed by atoms with E-state index >= 15 is 0 Å². The minimum absolute atomic E-state index is 0.0223. The molecule has 3 heterocycles. The van der Waals surface area contributed by atoms with Crippen molar-refractivity contribution in [2.45, 2.75) is 44.2 Å². The van der Waals surface area contributed by atoms with Gasteiger partial charge < -0.3 is 14.8 Å². The van der Waals surface area contributed by atoms with Crippen molar-refractivity contribution in [1.29, 1.82) is 0 Å². The standard InChI is InChI=1S/C25H30N2O3/c1-29-23-8-3-2-6-21(23)19-9-10-20-18(15-19)5-4-7-22(20)26-25(28)30-24-16-27-13-11-17(24)12-14-27/h2-3,6,8-10,15,17,22,24H,4-5,7,11-14,16H2,1H3,(H,26,28)/t22?,24-/m0/s1. The maximum absolute atomic E-state index is 12.7. The highest BCUT2D eigenvalue weighted by atomic mass is 16.6. The molecule has 30 heavy (non-hydrogen) atoms. The number of rotatable bonds is 4. The number of hydrogen-bond donors (Lipinski definition) is 1. The van der Waals surface area contributed by atoms with E-state index in [9.17, 15) is 4.79 Å². The van der Waals surface area contributed by atoms with Crippen LogP contribution >= 0.6 is 0 Å². The van der Waals surface area contributed by atoms with Crippen molar-refractivity contribution in [3.63, 3.8) is 0 Å². The largest absolute Gasteiger partial charge is 0.496 e. The molecule has 3 aliphatic heterocycles. The smallest absolute Gasteiger partial charge is 0.407 e. The molecule has 0 saturated carbocycles. The lowest BCUT2D eigenvalue weighted by atomic mass is 9.85. The number of piperidine rings is 3. The Kier molecular flexibility index (Phi) is 5.38. The van der Waals surface area contributed by atoms with Gasteiger partial charge in [-0.1, -0.05) is 36.4 Å². The number of nitrogens with zero attached hydrogens (tertiary/aromatic N) is 1. The maximum Gasteiger partial charge on any atom is 0.407 e. The lowest BCUT2D eigenvalue weighted by Crippen LogP contribution is -2.52. The molecule has 2 bridgehead atoms. The first-order valence-corrected chi connectivity index (χ1v) is 11.2. The van der Waals surface area contributed by atoms with Crippen LogP contribution in [-0.4, -0.2) is 43.8 Å². The minimum atomic E-state index is -0.264. The number of alkyl carbamates (subject to hydrolysis) is 1. The Morgan fingerprint density at radius 2 is 1.93 bits per heavy atom. The van der Waals surface area contributed by atoms with E-state index in [2.05, 4.69) is 34.5 Å². The van der Waals surface area contributed by atoms with Gasteiger partial charge in [0.05, 0.1) is 13.2 Å². The number of nitrogens with one attached hydrogen (secondary N) is 1. The third-order valence-corrected chi connectivity index (χ3v) is 7.02. The molecule has 2 aromatic rings. The molecule has 5 heteroatoms. The zero-order valence-electron chi connectivity index (χ0n) is 17.6. The van der Waals surface area contributed by atoms with Gasteiger partial charge in [-0.25, -0.2) is 4.79 Å². The third-order valence-electron chi connectivity index (χ3n) is 7.02. The molecule has 0 spiro atoms. The summed E-state index contributed by atoms with van der Waals surface area (Å²) in [5.74, 6) is 1.41. The molecule has 158 valence electrons. The van der Waals surface area contributed by atoms with Crippen molar-refractivity contribution in [3.8, 4) is 16.9 Å². The van der Waals surface area contributed by atoms with E-state index in [1.165, 1.54) is 11.1 Å². The number of aryl methyl sites for hydroxylation is 1. The van der Waals surface area contributed by atoms with Crippen molar-refractivity contribution < 1.29 is 14.3 Å². The third kappa shape index (κ3) is 3.79. The molecular formula is C25H30N2O3. The van der Waals surface area contributed by atoms with Crippen LogP contribution in [0.15, 0.2) is 42.5 Å². The number of methoxy groups -OCH3 is 1. The Balaban J connectivity index is 1.30. The minimum Gasteiger partial charge on any atom is -0.496 e. The zero-order valence-corrected chi connectivity index (χ0v) is 17.6. The Morgan fingerprint density at radius 3 is 2.70 bits per heavy atom. The van der Waals surface area contributed by atoms with Crippen molar-refractivity contribution in [1.82, 2.24) is 10.2 Å². The maximum atomic E-state index is 12.7. The number of ether oxygens (including phenoxy) is 2. The van der Waals surface area contributed by atoms with Gasteiger partial charge in [0, 0.05) is 12.1 Å². The van der Waals surface area contributed by atoms with Gasteiger partial charge in [-0.3, -0.25) is 4.90 Å². The van der Waals surface area contributed by atoms with E-state index in [1.807, 2.05) is 18.2 Å². The number of amides is 1. The normalized spacial score (nSPS) is 27.2. The van der Waals surface area contributed by atoms with Crippen molar-refractivity contribution in [2.24, 2.45) is 5.92 Å². The fourth-order valence-corrected chi connectivity index (χ4v) is 5.37. The summed E-state index contributed by atoms with van der Waals surface area (Å²) in [6.07, 6.45) is 5.13. The Bertz CT molecular complexity index is 920. The SMILES string of the molecule is COc1ccccc1-c1ccc2c(c1)CCCC2NC(=O)O[C@H]1CN2CCC1CC2. The van der Waals surface area contributed by atoms with Gasteiger partial charge in [0.1, 0.15) is 11.9 Å². The van der Waals surface area contributed by atoms with Crippen molar-refractivity contribution in [2.75, 3.05) is 26.7 Å². The summed E-state index contributed by atoms with van der Waals surface area (Å²) in [4.78, 5) is 15.1. The molecule has 5 nitrogen and oxygen atoms in total. The monoisotopic (exact) mass is 406 g/mol. The average Bonchev–Trinajstić information content (AvgIpc) is 2.79. The molecule has 3 fully saturated rings. The molecule has 6 rings (SSSR count). The highest BCUT2D eigenvalue weighted by Gasteiger charge is 2.37. The van der Waals surface area contributed by atoms with Crippen LogP contribution in [0.2, 0.25) is 0 Å². The predicted molar refractivity (Wildman–Crippen MR) is 117 cm³/mol. The zero-order chi connectivity index (χ0) is 20.5. The molecule has 3 saturated heterocycles. The highest BCUT2D eigenvalue weighted by molar-refractivity contribution is 5.72. The molecule has 2 aromatic carbocycles. The van der Waals surface area contributed by atoms with E-state index in [-0.39, 0.29) is 18.2 Å². The fraction of sp³-hybridized carbons (Fsp3) is 0.480. The average molecular weight is 407 g/mol. The Hall–Kier alpha value is -2.53. The van der Waals surface area contributed by atoms with Gasteiger partial charge in [-0.05, 0) is 73.9 Å². The summed E-state index contributed by atoms with van der Waals surface area (Å²) in [6, 6.07) is 14.7. The number of benzene rings is 2. The second kappa shape index (κ2) is 8.31. The summed E-state index contributed by atoms with van der Waals surface area (Å²) >= 11 is 0. The fourth-order valence-electron chi connectivity index (χ4n) is 5.37. The van der Waals surface area contributed by atoms with Gasteiger partial charge in [-0.2, -0.15) is 0 Å². The van der Waals surface area contributed by atoms with E-state index in [4.69, 9.17) is 9.47 Å². The Labute approximate surface area is 178 Å². The number of para-hydroxylation sites is 1. The first kappa shape index (κ1) is 19.4. The number of carbonyl (C=O) groups is 1. The molecule has 0 aromatic heterocycles. The van der Waals surface area contributed by atoms with Crippen LogP contribution in [0.4, 0.5) is 4.79 Å². The highest BCUT2D eigenvalue weighted by Crippen LogP contribution is 2.36. The summed E-state index contributed by atoms with van der Waals surface area (Å²) in [5, 5.41) is 3.16. The van der Waals surface area contributed by atoms with Crippen LogP contribution in [0.3, 0.4) is 0 Å². The molecule has 1 amide bonds. The van der Waals surface area contributed by atoms with Crippen LogP contribution in [0, 0.1) is 5.92 Å². The van der Waals surface area contributed by atoms with Crippen LogP contribution in [0.5, 0.6) is 5.75 Å². The molecule has 1 N–H and O–H groups in total. The van der Waals surface area contributed by atoms with Gasteiger partial charge in [0.15, 0.2) is 0 Å². The van der Waals surface area contributed by atoms with Crippen LogP contribution < -0.4 is 10.1 Å². The summed E-state index contributed by atoms with van der Waals surface area (Å²) in [7, 11) is 1.71. The second-order valence-corrected chi connectivity index (χ2v) is 8.78. The lowest BCUT2D eigenvalue weighted by Gasteiger charge is -2.44. The number of fused-ring (bicyclic) bond motifs is 4. The topological polar surface area (TPSA) is 50.8 Å². The first-order valence-electron chi connectivity index (χ1n) is 11.2. The van der Waals surface area contributed by atoms with Gasteiger partial charge >= 0.3 is 6.09 Å². The molecule has 1 aliphatic carbocycles. The summed E-state index contributed by atoms with van der Waals surface area (Å²) < 4.78 is 11.4. The van der Waals surface area contributed by atoms with E-state index < -0.39 is 0 Å². The Morgan fingerprint density at radius 1 is 1.10 bits per heavy atom. The molecule has 2 atom stereocenters. The van der Waals surface area contributed by atoms with E-state index in [0.29, 0.717) is 5.92 Å². The van der Waals surface area contributed by atoms with Crippen LogP contribution in [-0.2, 0) is 11.2 Å². The van der Waals surface area contributed by atoms with Crippen molar-refractivity contribution in [3.05, 3.63) is 53.6 Å². The van der Waals surface area contributed by atoms with Gasteiger partial charge in [0.2, 0.25) is 0 Å². The molecule has 1 unspecified atom stereocenters.